The SMILES string of the molecule is CCCCCCC(C)(C)c1cc(C)c(C2(O)CCCCC2)c(OC)c1. The molecule has 25 heavy (non-hydrogen) atoms. The molecule has 0 aliphatic heterocycles. The number of ether oxygens (including phenoxy) is 1. The number of methoxy groups -OCH3 is 1. The molecule has 1 aromatic carbocycles. The van der Waals surface area contributed by atoms with Gasteiger partial charge in [-0.15, -0.1) is 0 Å². The fourth-order valence-electron chi connectivity index (χ4n) is 4.43. The fourth-order valence-corrected chi connectivity index (χ4v) is 4.43. The summed E-state index contributed by atoms with van der Waals surface area (Å²) in [6.07, 6.45) is 11.5. The molecule has 0 radical (unpaired) electrons. The minimum absolute atomic E-state index is 0.138. The zero-order valence-electron chi connectivity index (χ0n) is 17.1. The van der Waals surface area contributed by atoms with E-state index in [1.807, 2.05) is 0 Å². The minimum atomic E-state index is -0.711. The van der Waals surface area contributed by atoms with E-state index in [1.54, 1.807) is 7.11 Å². The zero-order chi connectivity index (χ0) is 18.5. The summed E-state index contributed by atoms with van der Waals surface area (Å²) in [5.74, 6) is 0.876. The lowest BCUT2D eigenvalue weighted by Crippen LogP contribution is -2.30. The molecule has 2 nitrogen and oxygen atoms in total. The van der Waals surface area contributed by atoms with Gasteiger partial charge in [0, 0.05) is 5.56 Å². The standard InChI is InChI=1S/C23H38O2/c1-6-7-8-10-13-22(3,4)19-16-18(2)21(20(17-19)25-5)23(24)14-11-9-12-15-23/h16-17,24H,6-15H2,1-5H3. The van der Waals surface area contributed by atoms with Gasteiger partial charge in [-0.2, -0.15) is 0 Å². The second-order valence-corrected chi connectivity index (χ2v) is 8.66. The van der Waals surface area contributed by atoms with Crippen molar-refractivity contribution < 1.29 is 9.84 Å². The summed E-state index contributed by atoms with van der Waals surface area (Å²) < 4.78 is 5.76. The van der Waals surface area contributed by atoms with Crippen LogP contribution >= 0.6 is 0 Å². The molecule has 2 heteroatoms. The quantitative estimate of drug-likeness (QED) is 0.552. The Bertz CT molecular complexity index is 553. The van der Waals surface area contributed by atoms with Crippen molar-refractivity contribution in [1.82, 2.24) is 0 Å². The molecule has 0 heterocycles. The van der Waals surface area contributed by atoms with Crippen molar-refractivity contribution in [2.75, 3.05) is 7.11 Å². The Labute approximate surface area is 155 Å². The van der Waals surface area contributed by atoms with Crippen LogP contribution in [-0.2, 0) is 11.0 Å². The van der Waals surface area contributed by atoms with E-state index >= 15 is 0 Å². The lowest BCUT2D eigenvalue weighted by molar-refractivity contribution is -0.00318. The summed E-state index contributed by atoms with van der Waals surface area (Å²) in [6.45, 7) is 9.07. The highest BCUT2D eigenvalue weighted by Gasteiger charge is 2.36. The third-order valence-corrected chi connectivity index (χ3v) is 6.10. The van der Waals surface area contributed by atoms with Crippen LogP contribution in [0.4, 0.5) is 0 Å². The Balaban J connectivity index is 2.29. The van der Waals surface area contributed by atoms with Crippen molar-refractivity contribution in [3.8, 4) is 5.75 Å². The Hall–Kier alpha value is -1.02. The molecule has 1 aromatic rings. The van der Waals surface area contributed by atoms with Crippen LogP contribution in [0.1, 0.15) is 102 Å². The number of unbranched alkanes of at least 4 members (excludes halogenated alkanes) is 3. The van der Waals surface area contributed by atoms with Gasteiger partial charge in [0.1, 0.15) is 5.75 Å². The van der Waals surface area contributed by atoms with Crippen molar-refractivity contribution in [2.45, 2.75) is 103 Å². The van der Waals surface area contributed by atoms with Gasteiger partial charge in [0.05, 0.1) is 12.7 Å². The van der Waals surface area contributed by atoms with E-state index in [4.69, 9.17) is 4.74 Å². The molecule has 0 spiro atoms. The van der Waals surface area contributed by atoms with Crippen molar-refractivity contribution in [2.24, 2.45) is 0 Å². The number of hydrogen-bond acceptors (Lipinski definition) is 2. The summed E-state index contributed by atoms with van der Waals surface area (Å²) in [5, 5.41) is 11.2. The molecular weight excluding hydrogens is 308 g/mol. The van der Waals surface area contributed by atoms with E-state index in [-0.39, 0.29) is 5.41 Å². The fraction of sp³-hybridized carbons (Fsp3) is 0.739. The van der Waals surface area contributed by atoms with Crippen LogP contribution in [0.5, 0.6) is 5.75 Å². The lowest BCUT2D eigenvalue weighted by atomic mass is 9.74. The smallest absolute Gasteiger partial charge is 0.125 e. The molecule has 2 rings (SSSR count). The molecule has 1 aliphatic rings. The Morgan fingerprint density at radius 3 is 2.36 bits per heavy atom. The molecule has 0 aromatic heterocycles. The number of rotatable bonds is 8. The molecule has 1 N–H and O–H groups in total. The highest BCUT2D eigenvalue weighted by molar-refractivity contribution is 5.48. The molecule has 1 aliphatic carbocycles. The first-order valence-electron chi connectivity index (χ1n) is 10.3. The van der Waals surface area contributed by atoms with Crippen molar-refractivity contribution in [1.29, 1.82) is 0 Å². The largest absolute Gasteiger partial charge is 0.496 e. The van der Waals surface area contributed by atoms with Gasteiger partial charge in [0.15, 0.2) is 0 Å². The zero-order valence-corrected chi connectivity index (χ0v) is 17.1. The molecule has 142 valence electrons. The monoisotopic (exact) mass is 346 g/mol. The van der Waals surface area contributed by atoms with Gasteiger partial charge in [0.2, 0.25) is 0 Å². The number of benzene rings is 1. The second-order valence-electron chi connectivity index (χ2n) is 8.66. The van der Waals surface area contributed by atoms with Crippen LogP contribution < -0.4 is 4.74 Å². The molecule has 1 fully saturated rings. The van der Waals surface area contributed by atoms with Crippen LogP contribution in [0.2, 0.25) is 0 Å². The van der Waals surface area contributed by atoms with E-state index in [9.17, 15) is 5.11 Å². The van der Waals surface area contributed by atoms with E-state index in [0.717, 1.165) is 37.0 Å². The predicted molar refractivity (Wildman–Crippen MR) is 106 cm³/mol. The maximum absolute atomic E-state index is 11.2. The molecule has 0 atom stereocenters. The summed E-state index contributed by atoms with van der Waals surface area (Å²) >= 11 is 0. The van der Waals surface area contributed by atoms with Crippen molar-refractivity contribution >= 4 is 0 Å². The maximum atomic E-state index is 11.2. The molecule has 1 saturated carbocycles. The average Bonchev–Trinajstić information content (AvgIpc) is 2.58. The predicted octanol–water partition coefficient (Wildman–Crippen LogP) is 6.40. The highest BCUT2D eigenvalue weighted by Crippen LogP contribution is 2.45. The van der Waals surface area contributed by atoms with Crippen LogP contribution in [0.15, 0.2) is 12.1 Å². The molecule has 0 unspecified atom stereocenters. The third kappa shape index (κ3) is 4.78. The molecule has 0 bridgehead atoms. The maximum Gasteiger partial charge on any atom is 0.125 e. The normalized spacial score (nSPS) is 17.5. The van der Waals surface area contributed by atoms with Crippen molar-refractivity contribution in [3.05, 3.63) is 28.8 Å². The van der Waals surface area contributed by atoms with Gasteiger partial charge in [-0.3, -0.25) is 0 Å². The molecular formula is C23H38O2. The number of aryl methyl sites for hydroxylation is 1. The highest BCUT2D eigenvalue weighted by atomic mass is 16.5. The summed E-state index contributed by atoms with van der Waals surface area (Å²) in [5.41, 5.74) is 2.97. The lowest BCUT2D eigenvalue weighted by Gasteiger charge is -2.36. The van der Waals surface area contributed by atoms with Crippen LogP contribution in [-0.4, -0.2) is 12.2 Å². The van der Waals surface area contributed by atoms with E-state index in [1.165, 1.54) is 49.7 Å². The first-order chi connectivity index (χ1) is 11.8. The Kier molecular flexibility index (Phi) is 6.96. The first kappa shape index (κ1) is 20.3. The third-order valence-electron chi connectivity index (χ3n) is 6.10. The molecule has 0 amide bonds. The van der Waals surface area contributed by atoms with Gasteiger partial charge in [0.25, 0.3) is 0 Å². The summed E-state index contributed by atoms with van der Waals surface area (Å²) in [4.78, 5) is 0. The first-order valence-corrected chi connectivity index (χ1v) is 10.3. The van der Waals surface area contributed by atoms with Gasteiger partial charge >= 0.3 is 0 Å². The van der Waals surface area contributed by atoms with Gasteiger partial charge in [-0.05, 0) is 48.8 Å². The van der Waals surface area contributed by atoms with Crippen LogP contribution in [0.25, 0.3) is 0 Å². The number of aliphatic hydroxyl groups is 1. The van der Waals surface area contributed by atoms with Gasteiger partial charge in [-0.1, -0.05) is 71.8 Å². The summed E-state index contributed by atoms with van der Waals surface area (Å²) in [7, 11) is 1.74. The van der Waals surface area contributed by atoms with Gasteiger partial charge in [-0.25, -0.2) is 0 Å². The van der Waals surface area contributed by atoms with Crippen LogP contribution in [0.3, 0.4) is 0 Å². The summed E-state index contributed by atoms with van der Waals surface area (Å²) in [6, 6.07) is 4.49. The minimum Gasteiger partial charge on any atom is -0.496 e. The van der Waals surface area contributed by atoms with E-state index in [0.29, 0.717) is 0 Å². The van der Waals surface area contributed by atoms with E-state index < -0.39 is 5.60 Å². The van der Waals surface area contributed by atoms with E-state index in [2.05, 4.69) is 39.8 Å². The number of hydrogen-bond donors (Lipinski definition) is 1. The molecule has 0 saturated heterocycles. The Morgan fingerprint density at radius 2 is 1.76 bits per heavy atom. The van der Waals surface area contributed by atoms with Crippen molar-refractivity contribution in [3.63, 3.8) is 0 Å². The van der Waals surface area contributed by atoms with Gasteiger partial charge < -0.3 is 9.84 Å². The topological polar surface area (TPSA) is 29.5 Å². The second kappa shape index (κ2) is 8.58. The van der Waals surface area contributed by atoms with Crippen LogP contribution in [0, 0.1) is 6.92 Å². The average molecular weight is 347 g/mol. The Morgan fingerprint density at radius 1 is 1.08 bits per heavy atom.